The number of imidazole rings is 1. The fourth-order valence-electron chi connectivity index (χ4n) is 2.33. The van der Waals surface area contributed by atoms with Crippen LogP contribution in [0.3, 0.4) is 0 Å². The molecule has 0 spiro atoms. The Hall–Kier alpha value is -2.62. The van der Waals surface area contributed by atoms with Crippen molar-refractivity contribution < 1.29 is 4.79 Å². The van der Waals surface area contributed by atoms with Gasteiger partial charge in [0.25, 0.3) is 0 Å². The van der Waals surface area contributed by atoms with E-state index in [1.807, 2.05) is 36.4 Å². The molecule has 0 radical (unpaired) electrons. The van der Waals surface area contributed by atoms with E-state index in [0.29, 0.717) is 13.0 Å². The van der Waals surface area contributed by atoms with Crippen LogP contribution in [-0.4, -0.2) is 22.4 Å². The molecule has 21 heavy (non-hydrogen) atoms. The average Bonchev–Trinajstić information content (AvgIpc) is 2.96. The fraction of sp³-hybridized carbons (Fsp3) is 0.176. The molecule has 1 aromatic heterocycles. The molecule has 0 aliphatic carbocycles. The summed E-state index contributed by atoms with van der Waals surface area (Å²) >= 11 is 0. The summed E-state index contributed by atoms with van der Waals surface area (Å²) in [6.45, 7) is 0.662. The van der Waals surface area contributed by atoms with Gasteiger partial charge in [0.1, 0.15) is 0 Å². The van der Waals surface area contributed by atoms with E-state index in [0.717, 1.165) is 23.0 Å². The van der Waals surface area contributed by atoms with Crippen LogP contribution >= 0.6 is 0 Å². The van der Waals surface area contributed by atoms with E-state index >= 15 is 0 Å². The lowest BCUT2D eigenvalue weighted by atomic mass is 10.1. The van der Waals surface area contributed by atoms with Crippen LogP contribution in [0.4, 0.5) is 0 Å². The number of H-pyrrole nitrogens is 1. The lowest BCUT2D eigenvalue weighted by Gasteiger charge is -2.05. The van der Waals surface area contributed by atoms with Crippen molar-refractivity contribution in [1.29, 1.82) is 0 Å². The van der Waals surface area contributed by atoms with Gasteiger partial charge in [-0.05, 0) is 29.7 Å². The van der Waals surface area contributed by atoms with Crippen LogP contribution in [0, 0.1) is 0 Å². The van der Waals surface area contributed by atoms with E-state index in [-0.39, 0.29) is 5.91 Å². The molecule has 4 nitrogen and oxygen atoms in total. The largest absolute Gasteiger partial charge is 0.355 e. The third-order valence-electron chi connectivity index (χ3n) is 3.43. The van der Waals surface area contributed by atoms with Crippen molar-refractivity contribution in [3.63, 3.8) is 0 Å². The number of aromatic amines is 1. The van der Waals surface area contributed by atoms with Gasteiger partial charge in [-0.25, -0.2) is 4.98 Å². The van der Waals surface area contributed by atoms with Gasteiger partial charge >= 0.3 is 0 Å². The molecular formula is C17H17N3O. The third kappa shape index (κ3) is 3.48. The van der Waals surface area contributed by atoms with Gasteiger partial charge in [0.15, 0.2) is 0 Å². The summed E-state index contributed by atoms with van der Waals surface area (Å²) in [6.07, 6.45) is 2.91. The zero-order chi connectivity index (χ0) is 14.5. The Morgan fingerprint density at radius 3 is 2.81 bits per heavy atom. The van der Waals surface area contributed by atoms with Gasteiger partial charge in [0.05, 0.1) is 23.8 Å². The Kier molecular flexibility index (Phi) is 3.96. The maximum Gasteiger partial charge on any atom is 0.224 e. The molecule has 0 atom stereocenters. The molecule has 106 valence electrons. The van der Waals surface area contributed by atoms with Crippen molar-refractivity contribution in [2.75, 3.05) is 6.54 Å². The molecule has 2 aromatic carbocycles. The number of hydrogen-bond acceptors (Lipinski definition) is 2. The minimum atomic E-state index is 0.0461. The molecule has 2 N–H and O–H groups in total. The van der Waals surface area contributed by atoms with Gasteiger partial charge in [0, 0.05) is 6.54 Å². The van der Waals surface area contributed by atoms with E-state index in [1.165, 1.54) is 5.56 Å². The minimum Gasteiger partial charge on any atom is -0.355 e. The Labute approximate surface area is 123 Å². The predicted octanol–water partition coefficient (Wildman–Crippen LogP) is 2.46. The summed E-state index contributed by atoms with van der Waals surface area (Å²) in [5.41, 5.74) is 4.11. The minimum absolute atomic E-state index is 0.0461. The first kappa shape index (κ1) is 13.4. The standard InChI is InChI=1S/C17H17N3O/c21-17(18-9-8-13-4-2-1-3-5-13)11-14-6-7-15-16(10-14)20-12-19-15/h1-7,10,12H,8-9,11H2,(H,18,21)(H,19,20). The first-order valence-electron chi connectivity index (χ1n) is 7.04. The molecule has 0 saturated carbocycles. The topological polar surface area (TPSA) is 57.8 Å². The van der Waals surface area contributed by atoms with Crippen molar-refractivity contribution in [2.24, 2.45) is 0 Å². The Morgan fingerprint density at radius 2 is 1.95 bits per heavy atom. The van der Waals surface area contributed by atoms with E-state index in [9.17, 15) is 4.79 Å². The Bertz CT molecular complexity index is 734. The van der Waals surface area contributed by atoms with Crippen LogP contribution in [0.5, 0.6) is 0 Å². The number of benzene rings is 2. The van der Waals surface area contributed by atoms with Gasteiger partial charge in [0.2, 0.25) is 5.91 Å². The number of carbonyl (C=O) groups is 1. The number of amides is 1. The van der Waals surface area contributed by atoms with Crippen molar-refractivity contribution in [3.05, 3.63) is 66.0 Å². The molecule has 0 unspecified atom stereocenters. The maximum atomic E-state index is 11.9. The number of nitrogens with one attached hydrogen (secondary N) is 2. The summed E-state index contributed by atoms with van der Waals surface area (Å²) in [5, 5.41) is 2.96. The van der Waals surface area contributed by atoms with E-state index in [1.54, 1.807) is 6.33 Å². The van der Waals surface area contributed by atoms with Gasteiger partial charge in [-0.3, -0.25) is 4.79 Å². The fourth-order valence-corrected chi connectivity index (χ4v) is 2.33. The van der Waals surface area contributed by atoms with Crippen LogP contribution in [0.1, 0.15) is 11.1 Å². The van der Waals surface area contributed by atoms with Crippen molar-refractivity contribution in [1.82, 2.24) is 15.3 Å². The van der Waals surface area contributed by atoms with Gasteiger partial charge in [-0.1, -0.05) is 36.4 Å². The predicted molar refractivity (Wildman–Crippen MR) is 83.0 cm³/mol. The molecule has 0 bridgehead atoms. The second-order valence-corrected chi connectivity index (χ2v) is 5.02. The first-order valence-corrected chi connectivity index (χ1v) is 7.04. The highest BCUT2D eigenvalue weighted by Gasteiger charge is 2.04. The van der Waals surface area contributed by atoms with Gasteiger partial charge in [-0.15, -0.1) is 0 Å². The molecule has 1 heterocycles. The number of fused-ring (bicyclic) bond motifs is 1. The highest BCUT2D eigenvalue weighted by Crippen LogP contribution is 2.11. The molecule has 3 aromatic rings. The number of rotatable bonds is 5. The third-order valence-corrected chi connectivity index (χ3v) is 3.43. The second-order valence-electron chi connectivity index (χ2n) is 5.02. The Morgan fingerprint density at radius 1 is 1.10 bits per heavy atom. The summed E-state index contributed by atoms with van der Waals surface area (Å²) in [4.78, 5) is 19.2. The van der Waals surface area contributed by atoms with Gasteiger partial charge in [-0.2, -0.15) is 0 Å². The van der Waals surface area contributed by atoms with Crippen LogP contribution in [0.15, 0.2) is 54.9 Å². The summed E-state index contributed by atoms with van der Waals surface area (Å²) in [7, 11) is 0. The normalized spacial score (nSPS) is 10.7. The second kappa shape index (κ2) is 6.22. The van der Waals surface area contributed by atoms with Crippen molar-refractivity contribution in [3.8, 4) is 0 Å². The molecule has 3 rings (SSSR count). The van der Waals surface area contributed by atoms with Crippen LogP contribution in [0.2, 0.25) is 0 Å². The van der Waals surface area contributed by atoms with E-state index < -0.39 is 0 Å². The smallest absolute Gasteiger partial charge is 0.224 e. The molecule has 0 aliphatic heterocycles. The average molecular weight is 279 g/mol. The molecule has 4 heteroatoms. The maximum absolute atomic E-state index is 11.9. The molecule has 0 aliphatic rings. The summed E-state index contributed by atoms with van der Waals surface area (Å²) < 4.78 is 0. The quantitative estimate of drug-likeness (QED) is 0.753. The number of carbonyl (C=O) groups excluding carboxylic acids is 1. The van der Waals surface area contributed by atoms with Gasteiger partial charge < -0.3 is 10.3 Å². The first-order chi connectivity index (χ1) is 10.3. The van der Waals surface area contributed by atoms with Crippen molar-refractivity contribution in [2.45, 2.75) is 12.8 Å². The van der Waals surface area contributed by atoms with Crippen LogP contribution < -0.4 is 5.32 Å². The lowest BCUT2D eigenvalue weighted by molar-refractivity contribution is -0.120. The number of hydrogen-bond donors (Lipinski definition) is 2. The highest BCUT2D eigenvalue weighted by atomic mass is 16.1. The molecule has 0 fully saturated rings. The molecular weight excluding hydrogens is 262 g/mol. The van der Waals surface area contributed by atoms with Crippen LogP contribution in [0.25, 0.3) is 11.0 Å². The number of aromatic nitrogens is 2. The van der Waals surface area contributed by atoms with E-state index in [2.05, 4.69) is 27.4 Å². The van der Waals surface area contributed by atoms with E-state index in [4.69, 9.17) is 0 Å². The Balaban J connectivity index is 1.51. The lowest BCUT2D eigenvalue weighted by Crippen LogP contribution is -2.27. The number of nitrogens with zero attached hydrogens (tertiary/aromatic N) is 1. The van der Waals surface area contributed by atoms with Crippen LogP contribution in [-0.2, 0) is 17.6 Å². The molecule has 1 amide bonds. The zero-order valence-corrected chi connectivity index (χ0v) is 11.7. The zero-order valence-electron chi connectivity index (χ0n) is 11.7. The highest BCUT2D eigenvalue weighted by molar-refractivity contribution is 5.81. The van der Waals surface area contributed by atoms with Crippen molar-refractivity contribution >= 4 is 16.9 Å². The molecule has 0 saturated heterocycles. The summed E-state index contributed by atoms with van der Waals surface area (Å²) in [6, 6.07) is 16.0. The SMILES string of the molecule is O=C(Cc1ccc2nc[nH]c2c1)NCCc1ccccc1. The monoisotopic (exact) mass is 279 g/mol. The summed E-state index contributed by atoms with van der Waals surface area (Å²) in [5.74, 6) is 0.0461.